The maximum absolute atomic E-state index is 13.7. The molecule has 4 rings (SSSR count). The van der Waals surface area contributed by atoms with Gasteiger partial charge < -0.3 is 10.3 Å². The topological polar surface area (TPSA) is 48.1 Å². The van der Waals surface area contributed by atoms with Crippen molar-refractivity contribution in [1.82, 2.24) is 9.88 Å². The van der Waals surface area contributed by atoms with Crippen LogP contribution in [0.15, 0.2) is 48.7 Å². The molecule has 2 aromatic carbocycles. The van der Waals surface area contributed by atoms with Gasteiger partial charge in [-0.3, -0.25) is 9.69 Å². The number of fused-ring (bicyclic) bond motifs is 1. The average Bonchev–Trinajstić information content (AvgIpc) is 3.09. The summed E-state index contributed by atoms with van der Waals surface area (Å²) >= 11 is 0. The van der Waals surface area contributed by atoms with Gasteiger partial charge in [-0.25, -0.2) is 8.78 Å². The number of hydrogen-bond acceptors (Lipinski definition) is 2. The van der Waals surface area contributed by atoms with Gasteiger partial charge in [0.25, 0.3) is 0 Å². The van der Waals surface area contributed by atoms with Crippen molar-refractivity contribution in [1.29, 1.82) is 0 Å². The highest BCUT2D eigenvalue weighted by Crippen LogP contribution is 2.33. The number of amides is 1. The standard InChI is InChI=1S/C21H21F2N3O/c22-15-5-6-20(18(23)11-15)25-21(27)13-26-9-7-14(8-10-26)17-12-24-19-4-2-1-3-16(17)19/h1-6,11-12,14,24H,7-10,13H2,(H,25,27). The number of halogens is 2. The number of hydrogen-bond donors (Lipinski definition) is 2. The van der Waals surface area contributed by atoms with E-state index in [1.165, 1.54) is 17.0 Å². The van der Waals surface area contributed by atoms with Gasteiger partial charge >= 0.3 is 0 Å². The lowest BCUT2D eigenvalue weighted by Gasteiger charge is -2.31. The zero-order chi connectivity index (χ0) is 18.8. The minimum atomic E-state index is -0.763. The van der Waals surface area contributed by atoms with Crippen molar-refractivity contribution in [2.24, 2.45) is 0 Å². The number of carbonyl (C=O) groups excluding carboxylic acids is 1. The van der Waals surface area contributed by atoms with Gasteiger partial charge in [-0.2, -0.15) is 0 Å². The monoisotopic (exact) mass is 369 g/mol. The number of aromatic nitrogens is 1. The Hall–Kier alpha value is -2.73. The molecule has 0 bridgehead atoms. The highest BCUT2D eigenvalue weighted by Gasteiger charge is 2.24. The summed E-state index contributed by atoms with van der Waals surface area (Å²) in [5.41, 5.74) is 2.49. The Balaban J connectivity index is 1.33. The molecule has 1 amide bonds. The van der Waals surface area contributed by atoms with Crippen LogP contribution < -0.4 is 5.32 Å². The number of piperidine rings is 1. The lowest BCUT2D eigenvalue weighted by atomic mass is 9.89. The first-order valence-corrected chi connectivity index (χ1v) is 9.13. The van der Waals surface area contributed by atoms with Crippen LogP contribution in [0.1, 0.15) is 24.3 Å². The molecule has 4 nitrogen and oxygen atoms in total. The SMILES string of the molecule is O=C(CN1CCC(c2c[nH]c3ccccc23)CC1)Nc1ccc(F)cc1F. The summed E-state index contributed by atoms with van der Waals surface area (Å²) in [5, 5.41) is 3.78. The lowest BCUT2D eigenvalue weighted by Crippen LogP contribution is -2.38. The number of likely N-dealkylation sites (tertiary alicyclic amines) is 1. The number of benzene rings is 2. The number of nitrogens with zero attached hydrogens (tertiary/aromatic N) is 1. The van der Waals surface area contributed by atoms with Gasteiger partial charge in [0, 0.05) is 23.2 Å². The Kier molecular flexibility index (Phi) is 4.90. The Labute approximate surface area is 156 Å². The number of carbonyl (C=O) groups is 1. The number of H-pyrrole nitrogens is 1. The lowest BCUT2D eigenvalue weighted by molar-refractivity contribution is -0.117. The molecule has 140 valence electrons. The normalized spacial score (nSPS) is 15.9. The number of nitrogens with one attached hydrogen (secondary N) is 2. The molecule has 2 N–H and O–H groups in total. The molecular weight excluding hydrogens is 348 g/mol. The highest BCUT2D eigenvalue weighted by atomic mass is 19.1. The predicted octanol–water partition coefficient (Wildman–Crippen LogP) is 4.26. The second-order valence-corrected chi connectivity index (χ2v) is 7.01. The fraction of sp³-hybridized carbons (Fsp3) is 0.286. The third kappa shape index (κ3) is 3.85. The molecule has 1 fully saturated rings. The minimum absolute atomic E-state index is 0.00933. The van der Waals surface area contributed by atoms with Crippen LogP contribution in [0.25, 0.3) is 10.9 Å². The molecule has 1 saturated heterocycles. The van der Waals surface area contributed by atoms with Crippen LogP contribution in [0, 0.1) is 11.6 Å². The Morgan fingerprint density at radius 3 is 2.70 bits per heavy atom. The minimum Gasteiger partial charge on any atom is -0.361 e. The second-order valence-electron chi connectivity index (χ2n) is 7.01. The van der Waals surface area contributed by atoms with Crippen molar-refractivity contribution in [2.75, 3.05) is 25.0 Å². The molecule has 0 saturated carbocycles. The summed E-state index contributed by atoms with van der Waals surface area (Å²) in [5.74, 6) is -1.24. The fourth-order valence-electron chi connectivity index (χ4n) is 3.82. The molecule has 0 atom stereocenters. The molecule has 27 heavy (non-hydrogen) atoms. The van der Waals surface area contributed by atoms with Crippen molar-refractivity contribution in [3.63, 3.8) is 0 Å². The van der Waals surface area contributed by atoms with Crippen LogP contribution >= 0.6 is 0 Å². The van der Waals surface area contributed by atoms with Crippen LogP contribution in [0.3, 0.4) is 0 Å². The molecule has 1 aromatic heterocycles. The Morgan fingerprint density at radius 1 is 1.15 bits per heavy atom. The third-order valence-corrected chi connectivity index (χ3v) is 5.22. The molecule has 6 heteroatoms. The third-order valence-electron chi connectivity index (χ3n) is 5.22. The second kappa shape index (κ2) is 7.48. The van der Waals surface area contributed by atoms with E-state index in [1.54, 1.807) is 0 Å². The zero-order valence-corrected chi connectivity index (χ0v) is 14.8. The molecule has 0 radical (unpaired) electrons. The van der Waals surface area contributed by atoms with Crippen LogP contribution in [0.5, 0.6) is 0 Å². The number of rotatable bonds is 4. The summed E-state index contributed by atoms with van der Waals surface area (Å²) < 4.78 is 26.6. The van der Waals surface area contributed by atoms with E-state index >= 15 is 0 Å². The van der Waals surface area contributed by atoms with Crippen LogP contribution in [-0.4, -0.2) is 35.4 Å². The average molecular weight is 369 g/mol. The predicted molar refractivity (Wildman–Crippen MR) is 102 cm³/mol. The van der Waals surface area contributed by atoms with Gasteiger partial charge in [0.2, 0.25) is 5.91 Å². The quantitative estimate of drug-likeness (QED) is 0.722. The first kappa shape index (κ1) is 17.7. The van der Waals surface area contributed by atoms with E-state index in [0.717, 1.165) is 43.6 Å². The summed E-state index contributed by atoms with van der Waals surface area (Å²) in [6, 6.07) is 11.4. The van der Waals surface area contributed by atoms with Gasteiger partial charge in [-0.05, 0) is 55.6 Å². The summed E-state index contributed by atoms with van der Waals surface area (Å²) in [7, 11) is 0. The number of aromatic amines is 1. The van der Waals surface area contributed by atoms with Gasteiger partial charge in [0.05, 0.1) is 12.2 Å². The smallest absolute Gasteiger partial charge is 0.238 e. The summed E-state index contributed by atoms with van der Waals surface area (Å²) in [4.78, 5) is 17.6. The molecule has 2 heterocycles. The van der Waals surface area contributed by atoms with Gasteiger partial charge in [0.15, 0.2) is 0 Å². The van der Waals surface area contributed by atoms with E-state index in [4.69, 9.17) is 0 Å². The molecule has 0 unspecified atom stereocenters. The maximum Gasteiger partial charge on any atom is 0.238 e. The first-order valence-electron chi connectivity index (χ1n) is 9.13. The van der Waals surface area contributed by atoms with Crippen LogP contribution in [-0.2, 0) is 4.79 Å². The Morgan fingerprint density at radius 2 is 1.93 bits per heavy atom. The van der Waals surface area contributed by atoms with E-state index < -0.39 is 11.6 Å². The molecule has 1 aliphatic rings. The number of anilines is 1. The molecule has 0 spiro atoms. The van der Waals surface area contributed by atoms with E-state index in [-0.39, 0.29) is 18.1 Å². The fourth-order valence-corrected chi connectivity index (χ4v) is 3.82. The van der Waals surface area contributed by atoms with Crippen molar-refractivity contribution >= 4 is 22.5 Å². The van der Waals surface area contributed by atoms with Crippen molar-refractivity contribution in [2.45, 2.75) is 18.8 Å². The van der Waals surface area contributed by atoms with Crippen molar-refractivity contribution in [3.05, 3.63) is 65.9 Å². The zero-order valence-electron chi connectivity index (χ0n) is 14.8. The molecule has 0 aliphatic carbocycles. The summed E-state index contributed by atoms with van der Waals surface area (Å²) in [6.07, 6.45) is 4.04. The largest absolute Gasteiger partial charge is 0.361 e. The summed E-state index contributed by atoms with van der Waals surface area (Å²) in [6.45, 7) is 1.82. The van der Waals surface area contributed by atoms with E-state index in [0.29, 0.717) is 5.92 Å². The molecular formula is C21H21F2N3O. The molecule has 3 aromatic rings. The first-order chi connectivity index (χ1) is 13.1. The van der Waals surface area contributed by atoms with E-state index in [2.05, 4.69) is 33.5 Å². The highest BCUT2D eigenvalue weighted by molar-refractivity contribution is 5.92. The Bertz CT molecular complexity index is 961. The van der Waals surface area contributed by atoms with E-state index in [9.17, 15) is 13.6 Å². The van der Waals surface area contributed by atoms with Crippen LogP contribution in [0.2, 0.25) is 0 Å². The number of para-hydroxylation sites is 1. The van der Waals surface area contributed by atoms with Crippen molar-refractivity contribution < 1.29 is 13.6 Å². The van der Waals surface area contributed by atoms with E-state index in [1.807, 2.05) is 12.1 Å². The van der Waals surface area contributed by atoms with Gasteiger partial charge in [0.1, 0.15) is 11.6 Å². The van der Waals surface area contributed by atoms with Crippen LogP contribution in [0.4, 0.5) is 14.5 Å². The van der Waals surface area contributed by atoms with Crippen molar-refractivity contribution in [3.8, 4) is 0 Å². The molecule has 1 aliphatic heterocycles. The maximum atomic E-state index is 13.7. The van der Waals surface area contributed by atoms with Gasteiger partial charge in [-0.15, -0.1) is 0 Å². The van der Waals surface area contributed by atoms with Gasteiger partial charge in [-0.1, -0.05) is 18.2 Å².